The molecule has 1 heterocycles. The Balaban J connectivity index is 1.88. The number of aromatic nitrogens is 2. The molecule has 0 radical (unpaired) electrons. The van der Waals surface area contributed by atoms with Crippen LogP contribution in [0.2, 0.25) is 25.7 Å². The average molecular weight is 563 g/mol. The largest absolute Gasteiger partial charge is 0.361 e. The predicted octanol–water partition coefficient (Wildman–Crippen LogP) is 6.00. The Kier molecular flexibility index (Phi) is 9.96. The van der Waals surface area contributed by atoms with E-state index in [9.17, 15) is 26.7 Å². The minimum atomic E-state index is -2.76. The number of halogens is 5. The summed E-state index contributed by atoms with van der Waals surface area (Å²) in [5.74, 6) is -4.01. The van der Waals surface area contributed by atoms with Crippen LogP contribution < -0.4 is 11.1 Å². The molecule has 1 aliphatic rings. The summed E-state index contributed by atoms with van der Waals surface area (Å²) >= 11 is 0. The van der Waals surface area contributed by atoms with Crippen LogP contribution in [0, 0.1) is 5.92 Å². The lowest BCUT2D eigenvalue weighted by Crippen LogP contribution is -2.39. The van der Waals surface area contributed by atoms with E-state index in [2.05, 4.69) is 29.9 Å². The second kappa shape index (κ2) is 12.4. The molecule has 0 aliphatic heterocycles. The standard InChI is InChI=1S/C26H39F5N4O2Si/c1-16(33-25(36)22(29)19(28)14-27)17-7-8-21-20(12-17)34-24(35(21)15-37-10-11-38(2,3)4)23(32)18-6-5-9-26(30,31)13-18/h7-8,12,16,18-19,22-23H,5-6,9-11,13-15,32H2,1-4H3,(H,33,36)/t16-,18-,19?,22?,23+/m1/s1. The first-order valence-corrected chi connectivity index (χ1v) is 16.8. The van der Waals surface area contributed by atoms with Crippen molar-refractivity contribution in [2.75, 3.05) is 13.3 Å². The number of rotatable bonds is 12. The van der Waals surface area contributed by atoms with Crippen molar-refractivity contribution in [1.82, 2.24) is 14.9 Å². The third-order valence-electron chi connectivity index (χ3n) is 7.08. The molecule has 3 rings (SSSR count). The van der Waals surface area contributed by atoms with Gasteiger partial charge in [0.15, 0.2) is 6.17 Å². The van der Waals surface area contributed by atoms with E-state index in [1.807, 2.05) is 0 Å². The van der Waals surface area contributed by atoms with E-state index in [0.717, 1.165) is 6.04 Å². The number of alkyl halides is 5. The number of ether oxygens (including phenoxy) is 1. The molecule has 6 nitrogen and oxygen atoms in total. The highest BCUT2D eigenvalue weighted by Crippen LogP contribution is 2.41. The SMILES string of the molecule is C[C@@H](NC(=O)C(F)C(F)CF)c1ccc2c(c1)nc([C@@H](N)[C@@H]1CCCC(F)(F)C1)n2COCC[Si](C)(C)C. The molecule has 1 amide bonds. The van der Waals surface area contributed by atoms with Gasteiger partial charge >= 0.3 is 0 Å². The first-order chi connectivity index (χ1) is 17.7. The van der Waals surface area contributed by atoms with Crippen LogP contribution in [-0.4, -0.2) is 55.1 Å². The minimum Gasteiger partial charge on any atom is -0.361 e. The second-order valence-corrected chi connectivity index (χ2v) is 17.2. The van der Waals surface area contributed by atoms with Crippen LogP contribution in [0.3, 0.4) is 0 Å². The van der Waals surface area contributed by atoms with E-state index in [4.69, 9.17) is 10.5 Å². The van der Waals surface area contributed by atoms with Crippen LogP contribution in [0.1, 0.15) is 56.1 Å². The number of carbonyl (C=O) groups excluding carboxylic acids is 1. The Bertz CT molecular complexity index is 1090. The molecule has 0 bridgehead atoms. The highest BCUT2D eigenvalue weighted by molar-refractivity contribution is 6.76. The maximum absolute atomic E-state index is 14.2. The number of nitrogens with zero attached hydrogens (tertiary/aromatic N) is 2. The zero-order valence-corrected chi connectivity index (χ0v) is 23.5. The van der Waals surface area contributed by atoms with Gasteiger partial charge in [-0.05, 0) is 49.4 Å². The number of benzene rings is 1. The highest BCUT2D eigenvalue weighted by Gasteiger charge is 2.40. The number of fused-ring (bicyclic) bond motifs is 1. The summed E-state index contributed by atoms with van der Waals surface area (Å²) in [4.78, 5) is 16.7. The van der Waals surface area contributed by atoms with E-state index in [1.54, 1.807) is 29.7 Å². The van der Waals surface area contributed by atoms with Crippen LogP contribution in [-0.2, 0) is 16.3 Å². The summed E-state index contributed by atoms with van der Waals surface area (Å²) < 4.78 is 75.6. The molecule has 38 heavy (non-hydrogen) atoms. The topological polar surface area (TPSA) is 82.2 Å². The van der Waals surface area contributed by atoms with Gasteiger partial charge < -0.3 is 20.4 Å². The predicted molar refractivity (Wildman–Crippen MR) is 140 cm³/mol. The van der Waals surface area contributed by atoms with Crippen molar-refractivity contribution in [2.24, 2.45) is 11.7 Å². The van der Waals surface area contributed by atoms with Gasteiger partial charge in [0, 0.05) is 27.5 Å². The van der Waals surface area contributed by atoms with Crippen molar-refractivity contribution in [3.05, 3.63) is 29.6 Å². The molecule has 2 unspecified atom stereocenters. The normalized spacial score (nSPS) is 21.2. The quantitative estimate of drug-likeness (QED) is 0.189. The molecule has 0 spiro atoms. The molecule has 5 atom stereocenters. The van der Waals surface area contributed by atoms with Gasteiger partial charge in [-0.1, -0.05) is 25.7 Å². The van der Waals surface area contributed by atoms with Crippen molar-refractivity contribution in [2.45, 2.75) is 95.4 Å². The average Bonchev–Trinajstić information content (AvgIpc) is 3.21. The Morgan fingerprint density at radius 3 is 2.66 bits per heavy atom. The van der Waals surface area contributed by atoms with Crippen LogP contribution >= 0.6 is 0 Å². The Hall–Kier alpha value is -2.05. The van der Waals surface area contributed by atoms with Crippen molar-refractivity contribution < 1.29 is 31.5 Å². The van der Waals surface area contributed by atoms with Gasteiger partial charge in [-0.15, -0.1) is 0 Å². The van der Waals surface area contributed by atoms with Gasteiger partial charge in [-0.2, -0.15) is 0 Å². The lowest BCUT2D eigenvalue weighted by Gasteiger charge is -2.32. The molecule has 0 saturated heterocycles. The number of hydrogen-bond donors (Lipinski definition) is 2. The molecular weight excluding hydrogens is 523 g/mol. The number of amides is 1. The molecule has 3 N–H and O–H groups in total. The highest BCUT2D eigenvalue weighted by atomic mass is 28.3. The van der Waals surface area contributed by atoms with E-state index in [0.29, 0.717) is 41.9 Å². The van der Waals surface area contributed by atoms with E-state index >= 15 is 0 Å². The second-order valence-electron chi connectivity index (χ2n) is 11.5. The summed E-state index contributed by atoms with van der Waals surface area (Å²) in [6.45, 7) is 7.42. The molecule has 2 aromatic rings. The first kappa shape index (κ1) is 30.5. The van der Waals surface area contributed by atoms with E-state index in [-0.39, 0.29) is 19.6 Å². The maximum Gasteiger partial charge on any atom is 0.258 e. The Morgan fingerprint density at radius 2 is 2.03 bits per heavy atom. The third-order valence-corrected chi connectivity index (χ3v) is 8.78. The van der Waals surface area contributed by atoms with Crippen LogP contribution in [0.25, 0.3) is 11.0 Å². The lowest BCUT2D eigenvalue weighted by atomic mass is 9.82. The number of nitrogens with one attached hydrogen (secondary N) is 1. The summed E-state index contributed by atoms with van der Waals surface area (Å²) in [5, 5.41) is 2.35. The summed E-state index contributed by atoms with van der Waals surface area (Å²) in [5.41, 5.74) is 8.28. The third kappa shape index (κ3) is 7.75. The van der Waals surface area contributed by atoms with Gasteiger partial charge in [0.25, 0.3) is 5.91 Å². The minimum absolute atomic E-state index is 0.145. The first-order valence-electron chi connectivity index (χ1n) is 13.1. The van der Waals surface area contributed by atoms with Crippen LogP contribution in [0.5, 0.6) is 0 Å². The molecule has 1 fully saturated rings. The molecule has 1 aromatic heterocycles. The maximum atomic E-state index is 14.2. The Labute approximate surface area is 221 Å². The summed E-state index contributed by atoms with van der Waals surface area (Å²) in [6, 6.07) is 4.63. The molecular formula is C26H39F5N4O2Si. The van der Waals surface area contributed by atoms with Crippen LogP contribution in [0.15, 0.2) is 18.2 Å². The van der Waals surface area contributed by atoms with Crippen molar-refractivity contribution >= 4 is 25.0 Å². The molecule has 1 aromatic carbocycles. The fraction of sp³-hybridized carbons (Fsp3) is 0.692. The van der Waals surface area contributed by atoms with Gasteiger partial charge in [-0.3, -0.25) is 4.79 Å². The molecule has 1 saturated carbocycles. The van der Waals surface area contributed by atoms with Crippen molar-refractivity contribution in [3.63, 3.8) is 0 Å². The van der Waals surface area contributed by atoms with Gasteiger partial charge in [0.1, 0.15) is 19.2 Å². The van der Waals surface area contributed by atoms with Gasteiger partial charge in [0.05, 0.1) is 23.1 Å². The zero-order chi connectivity index (χ0) is 28.3. The van der Waals surface area contributed by atoms with Gasteiger partial charge in [-0.25, -0.2) is 26.9 Å². The van der Waals surface area contributed by atoms with Crippen molar-refractivity contribution in [3.8, 4) is 0 Å². The van der Waals surface area contributed by atoms with E-state index in [1.165, 1.54) is 0 Å². The number of nitrogens with two attached hydrogens (primary N) is 1. The molecule has 1 aliphatic carbocycles. The van der Waals surface area contributed by atoms with Crippen LogP contribution in [0.4, 0.5) is 22.0 Å². The summed E-state index contributed by atoms with van der Waals surface area (Å²) in [6.07, 6.45) is -4.63. The molecule has 214 valence electrons. The number of hydrogen-bond acceptors (Lipinski definition) is 4. The Morgan fingerprint density at radius 1 is 1.32 bits per heavy atom. The summed E-state index contributed by atoms with van der Waals surface area (Å²) in [7, 11) is -1.33. The number of carbonyl (C=O) groups is 1. The molecule has 12 heteroatoms. The lowest BCUT2D eigenvalue weighted by molar-refractivity contribution is -0.129. The van der Waals surface area contributed by atoms with Gasteiger partial charge in [0.2, 0.25) is 12.1 Å². The van der Waals surface area contributed by atoms with E-state index < -0.39 is 56.9 Å². The smallest absolute Gasteiger partial charge is 0.258 e. The zero-order valence-electron chi connectivity index (χ0n) is 22.5. The van der Waals surface area contributed by atoms with Crippen molar-refractivity contribution in [1.29, 1.82) is 0 Å². The monoisotopic (exact) mass is 562 g/mol. The number of imidazole rings is 1. The fourth-order valence-corrected chi connectivity index (χ4v) is 5.46. The fourth-order valence-electron chi connectivity index (χ4n) is 4.71.